The first-order chi connectivity index (χ1) is 52.6. The predicted octanol–water partition coefficient (Wildman–Crippen LogP) is 23.6. The Morgan fingerprint density at radius 1 is 0.167 bits per heavy atom. The van der Waals surface area contributed by atoms with Gasteiger partial charge in [-0.15, -0.1) is 0 Å². The zero-order chi connectivity index (χ0) is 74.7. The van der Waals surface area contributed by atoms with E-state index in [0.29, 0.717) is 0 Å². The number of hydrogen-bond acceptors (Lipinski definition) is 8. The molecule has 108 heavy (non-hydrogen) atoms. The van der Waals surface area contributed by atoms with Crippen LogP contribution in [0.4, 0.5) is 0 Å². The standard InChI is InChI=1S/4C22H18N4.2C2H6/c2*1-13-3-5-15(6-4-13)22-25-19-10-8-17(12-21(19)26-22)16-7-9-18-20(11-16)24-14(2)23-18;2*1-13-4-3-5-17(10-13)22-25-19-9-7-16(12-21(19)26-22)15-6-8-18-20(11-15)24-14(2)23-18;2*1-2/h4*3-12H,1-2H3,(H,23,24)(H,25,26);2*1-2H3. The van der Waals surface area contributed by atoms with Crippen LogP contribution in [0.25, 0.3) is 178 Å². The van der Waals surface area contributed by atoms with Gasteiger partial charge in [0.05, 0.1) is 88.3 Å². The summed E-state index contributed by atoms with van der Waals surface area (Å²) >= 11 is 0. The van der Waals surface area contributed by atoms with E-state index in [2.05, 4.69) is 330 Å². The van der Waals surface area contributed by atoms with E-state index in [1.807, 2.05) is 55.4 Å². The Hall–Kier alpha value is -13.6. The zero-order valence-corrected chi connectivity index (χ0v) is 62.7. The van der Waals surface area contributed by atoms with Gasteiger partial charge in [0.15, 0.2) is 0 Å². The molecule has 16 nitrogen and oxygen atoms in total. The highest BCUT2D eigenvalue weighted by molar-refractivity contribution is 5.92. The quantitative estimate of drug-likeness (QED) is 0.0728. The first-order valence-corrected chi connectivity index (χ1v) is 36.8. The number of H-pyrrole nitrogens is 8. The highest BCUT2D eigenvalue weighted by Gasteiger charge is 2.15. The summed E-state index contributed by atoms with van der Waals surface area (Å²) < 4.78 is 0. The number of imidazole rings is 8. The number of aromatic nitrogens is 16. The van der Waals surface area contributed by atoms with Crippen molar-refractivity contribution in [2.75, 3.05) is 0 Å². The molecular weight excluding hydrogens is 1330 g/mol. The molecule has 0 unspecified atom stereocenters. The van der Waals surface area contributed by atoms with Gasteiger partial charge < -0.3 is 39.9 Å². The fourth-order valence-corrected chi connectivity index (χ4v) is 13.6. The van der Waals surface area contributed by atoms with E-state index in [1.165, 1.54) is 22.3 Å². The van der Waals surface area contributed by atoms with Gasteiger partial charge in [0.1, 0.15) is 46.6 Å². The van der Waals surface area contributed by atoms with Gasteiger partial charge in [-0.25, -0.2) is 39.9 Å². The number of nitrogens with one attached hydrogen (secondary N) is 8. The van der Waals surface area contributed by atoms with Crippen molar-refractivity contribution in [2.45, 2.75) is 83.1 Å². The summed E-state index contributed by atoms with van der Waals surface area (Å²) in [5.74, 6) is 7.34. The second-order valence-electron chi connectivity index (χ2n) is 27.0. The molecule has 12 aromatic carbocycles. The maximum absolute atomic E-state index is 4.74. The molecule has 0 atom stereocenters. The second-order valence-corrected chi connectivity index (χ2v) is 27.0. The number of rotatable bonds is 8. The molecule has 0 aliphatic heterocycles. The molecule has 0 spiro atoms. The van der Waals surface area contributed by atoms with Crippen molar-refractivity contribution in [3.63, 3.8) is 0 Å². The van der Waals surface area contributed by atoms with E-state index in [0.717, 1.165) is 202 Å². The van der Waals surface area contributed by atoms with E-state index in [9.17, 15) is 0 Å². The average molecular weight is 1410 g/mol. The van der Waals surface area contributed by atoms with Crippen molar-refractivity contribution in [1.82, 2.24) is 79.7 Å². The van der Waals surface area contributed by atoms with Gasteiger partial charge in [-0.05, 0) is 209 Å². The summed E-state index contributed by atoms with van der Waals surface area (Å²) in [5.41, 5.74) is 34.9. The fourth-order valence-electron chi connectivity index (χ4n) is 13.6. The van der Waals surface area contributed by atoms with Gasteiger partial charge in [-0.2, -0.15) is 0 Å². The molecule has 8 aromatic heterocycles. The molecule has 0 radical (unpaired) electrons. The van der Waals surface area contributed by atoms with Crippen molar-refractivity contribution < 1.29 is 0 Å². The average Bonchev–Trinajstić information content (AvgIpc) is 1.63. The first kappa shape index (κ1) is 70.1. The lowest BCUT2D eigenvalue weighted by molar-refractivity contribution is 1.17. The van der Waals surface area contributed by atoms with E-state index in [1.54, 1.807) is 0 Å². The molecule has 20 aromatic rings. The summed E-state index contributed by atoms with van der Waals surface area (Å²) in [5, 5.41) is 0. The predicted molar refractivity (Wildman–Crippen MR) is 447 cm³/mol. The van der Waals surface area contributed by atoms with Gasteiger partial charge >= 0.3 is 0 Å². The third-order valence-electron chi connectivity index (χ3n) is 18.9. The molecule has 16 heteroatoms. The largest absolute Gasteiger partial charge is 0.342 e. The van der Waals surface area contributed by atoms with E-state index < -0.39 is 0 Å². The molecule has 0 saturated carbocycles. The molecular formula is C92H84N16. The maximum atomic E-state index is 4.74. The van der Waals surface area contributed by atoms with Gasteiger partial charge in [-0.3, -0.25) is 0 Å². The molecule has 8 N–H and O–H groups in total. The Balaban J connectivity index is 0.000000113. The third kappa shape index (κ3) is 15.1. The number of fused-ring (bicyclic) bond motifs is 8. The number of aryl methyl sites for hydroxylation is 8. The molecule has 532 valence electrons. The van der Waals surface area contributed by atoms with Crippen LogP contribution in [-0.4, -0.2) is 79.7 Å². The van der Waals surface area contributed by atoms with E-state index in [-0.39, 0.29) is 0 Å². The number of aromatic amines is 8. The molecule has 0 bridgehead atoms. The van der Waals surface area contributed by atoms with Crippen LogP contribution in [0.1, 0.15) is 73.2 Å². The van der Waals surface area contributed by atoms with Crippen molar-refractivity contribution in [3.8, 4) is 90.1 Å². The minimum Gasteiger partial charge on any atom is -0.342 e. The minimum absolute atomic E-state index is 0.900. The number of hydrogen-bond donors (Lipinski definition) is 8. The summed E-state index contributed by atoms with van der Waals surface area (Å²) in [6.07, 6.45) is 0. The Labute approximate surface area is 625 Å². The highest BCUT2D eigenvalue weighted by atomic mass is 15.0. The first-order valence-electron chi connectivity index (χ1n) is 36.8. The van der Waals surface area contributed by atoms with Crippen LogP contribution < -0.4 is 0 Å². The van der Waals surface area contributed by atoms with Gasteiger partial charge in [0.25, 0.3) is 0 Å². The second kappa shape index (κ2) is 30.2. The van der Waals surface area contributed by atoms with Gasteiger partial charge in [0, 0.05) is 22.3 Å². The van der Waals surface area contributed by atoms with Crippen LogP contribution in [0.3, 0.4) is 0 Å². The maximum Gasteiger partial charge on any atom is 0.138 e. The monoisotopic (exact) mass is 1410 g/mol. The molecule has 0 aliphatic carbocycles. The normalized spacial score (nSPS) is 11.1. The van der Waals surface area contributed by atoms with Crippen LogP contribution in [0, 0.1) is 55.4 Å². The molecule has 8 heterocycles. The summed E-state index contributed by atoms with van der Waals surface area (Å²) in [6.45, 7) is 24.3. The lowest BCUT2D eigenvalue weighted by atomic mass is 10.0. The topological polar surface area (TPSA) is 229 Å². The fraction of sp³-hybridized carbons (Fsp3) is 0.130. The van der Waals surface area contributed by atoms with Crippen molar-refractivity contribution in [1.29, 1.82) is 0 Å². The minimum atomic E-state index is 0.900. The summed E-state index contributed by atoms with van der Waals surface area (Å²) in [6, 6.07) is 84.3. The van der Waals surface area contributed by atoms with E-state index in [4.69, 9.17) is 19.9 Å². The summed E-state index contributed by atoms with van der Waals surface area (Å²) in [4.78, 5) is 63.9. The Morgan fingerprint density at radius 2 is 0.361 bits per heavy atom. The van der Waals surface area contributed by atoms with Crippen LogP contribution >= 0.6 is 0 Å². The van der Waals surface area contributed by atoms with Crippen molar-refractivity contribution in [2.24, 2.45) is 0 Å². The lowest BCUT2D eigenvalue weighted by Crippen LogP contribution is -1.81. The van der Waals surface area contributed by atoms with Gasteiger partial charge in [0.2, 0.25) is 0 Å². The van der Waals surface area contributed by atoms with Gasteiger partial charge in [-0.1, -0.05) is 183 Å². The van der Waals surface area contributed by atoms with Crippen LogP contribution in [-0.2, 0) is 0 Å². The van der Waals surface area contributed by atoms with Crippen LogP contribution in [0.15, 0.2) is 243 Å². The molecule has 0 fully saturated rings. The lowest BCUT2D eigenvalue weighted by Gasteiger charge is -2.01. The highest BCUT2D eigenvalue weighted by Crippen LogP contribution is 2.34. The number of nitrogens with zero attached hydrogens (tertiary/aromatic N) is 8. The Morgan fingerprint density at radius 3 is 0.583 bits per heavy atom. The zero-order valence-electron chi connectivity index (χ0n) is 62.7. The summed E-state index contributed by atoms with van der Waals surface area (Å²) in [7, 11) is 0. The molecule has 20 rings (SSSR count). The van der Waals surface area contributed by atoms with Crippen LogP contribution in [0.5, 0.6) is 0 Å². The van der Waals surface area contributed by atoms with E-state index >= 15 is 0 Å². The molecule has 0 saturated heterocycles. The van der Waals surface area contributed by atoms with Crippen molar-refractivity contribution in [3.05, 3.63) is 288 Å². The number of benzene rings is 12. The molecule has 0 aliphatic rings. The van der Waals surface area contributed by atoms with Crippen molar-refractivity contribution >= 4 is 88.3 Å². The SMILES string of the molecule is CC.CC.Cc1ccc(-c2nc3ccc(-c4ccc5nc(C)[nH]c5c4)cc3[nH]2)cc1.Cc1ccc(-c2nc3ccc(-c4ccc5nc(C)[nH]c5c4)cc3[nH]2)cc1.Cc1cccc(-c2nc3ccc(-c4ccc5nc(C)[nH]c5c4)cc3[nH]2)c1.Cc1cccc(-c2nc3ccc(-c4ccc5nc(C)[nH]c5c4)cc3[nH]2)c1. The third-order valence-corrected chi connectivity index (χ3v) is 18.9. The smallest absolute Gasteiger partial charge is 0.138 e. The molecule has 0 amide bonds. The van der Waals surface area contributed by atoms with Crippen LogP contribution in [0.2, 0.25) is 0 Å². The Bertz CT molecular complexity index is 6200. The Kier molecular flexibility index (Phi) is 19.6.